The minimum atomic E-state index is 0.0886. The molecule has 0 aliphatic carbocycles. The van der Waals surface area contributed by atoms with Crippen LogP contribution in [-0.4, -0.2) is 42.6 Å². The zero-order valence-corrected chi connectivity index (χ0v) is 12.8. The van der Waals surface area contributed by atoms with Crippen molar-refractivity contribution in [3.63, 3.8) is 0 Å². The van der Waals surface area contributed by atoms with Gasteiger partial charge in [-0.15, -0.1) is 11.3 Å². The molecular weight excluding hydrogens is 260 g/mol. The van der Waals surface area contributed by atoms with Gasteiger partial charge < -0.3 is 15.4 Å². The highest BCUT2D eigenvalue weighted by atomic mass is 32.1. The topological polar surface area (TPSA) is 63.7 Å². The molecule has 0 saturated heterocycles. The fourth-order valence-corrected chi connectivity index (χ4v) is 2.98. The molecule has 0 radical (unpaired) electrons. The molecule has 0 spiro atoms. The summed E-state index contributed by atoms with van der Waals surface area (Å²) in [6.45, 7) is 8.61. The Bertz CT molecular complexity index is 463. The van der Waals surface area contributed by atoms with Crippen LogP contribution in [0.1, 0.15) is 37.5 Å². The van der Waals surface area contributed by atoms with Crippen LogP contribution in [0.3, 0.4) is 0 Å². The Kier molecular flexibility index (Phi) is 4.10. The first kappa shape index (κ1) is 14.3. The predicted octanol–water partition coefficient (Wildman–Crippen LogP) is 1.76. The highest BCUT2D eigenvalue weighted by molar-refractivity contribution is 7.09. The van der Waals surface area contributed by atoms with E-state index in [2.05, 4.69) is 36.0 Å². The average Bonchev–Trinajstić information content (AvgIpc) is 2.92. The van der Waals surface area contributed by atoms with Crippen LogP contribution in [0, 0.1) is 0 Å². The smallest absolute Gasteiger partial charge is 0.192 e. The van der Waals surface area contributed by atoms with Crippen LogP contribution in [0.2, 0.25) is 0 Å². The van der Waals surface area contributed by atoms with E-state index in [4.69, 9.17) is 15.5 Å². The quantitative estimate of drug-likeness (QED) is 0.914. The highest BCUT2D eigenvalue weighted by Gasteiger charge is 2.30. The van der Waals surface area contributed by atoms with Crippen molar-refractivity contribution >= 4 is 17.3 Å². The van der Waals surface area contributed by atoms with E-state index in [0.717, 1.165) is 17.2 Å². The van der Waals surface area contributed by atoms with Crippen LogP contribution in [0.4, 0.5) is 0 Å². The summed E-state index contributed by atoms with van der Waals surface area (Å²) in [6, 6.07) is 0.155. The molecule has 5 nitrogen and oxygen atoms in total. The molecule has 0 fully saturated rings. The number of hydrogen-bond donors (Lipinski definition) is 1. The molecule has 0 saturated carbocycles. The van der Waals surface area contributed by atoms with Gasteiger partial charge in [-0.2, -0.15) is 0 Å². The Labute approximate surface area is 118 Å². The molecule has 0 bridgehead atoms. The summed E-state index contributed by atoms with van der Waals surface area (Å²) in [6.07, 6.45) is 0. The third-order valence-electron chi connectivity index (χ3n) is 3.14. The Hall–Kier alpha value is -1.14. The van der Waals surface area contributed by atoms with Crippen LogP contribution in [0.15, 0.2) is 10.4 Å². The number of guanidine groups is 1. The summed E-state index contributed by atoms with van der Waals surface area (Å²) in [4.78, 5) is 11.2. The number of nitrogens with zero attached hydrogens (tertiary/aromatic N) is 3. The minimum absolute atomic E-state index is 0.0886. The second-order valence-corrected chi connectivity index (χ2v) is 6.59. The van der Waals surface area contributed by atoms with Crippen LogP contribution in [-0.2, 0) is 10.2 Å². The van der Waals surface area contributed by atoms with E-state index in [1.165, 1.54) is 0 Å². The zero-order valence-electron chi connectivity index (χ0n) is 12.0. The van der Waals surface area contributed by atoms with E-state index >= 15 is 0 Å². The molecule has 2 heterocycles. The first-order valence-electron chi connectivity index (χ1n) is 6.45. The number of aromatic nitrogens is 1. The number of thiazole rings is 1. The molecule has 1 aromatic heterocycles. The first-order chi connectivity index (χ1) is 8.93. The molecule has 1 aliphatic heterocycles. The van der Waals surface area contributed by atoms with Gasteiger partial charge in [-0.3, -0.25) is 4.99 Å². The number of rotatable bonds is 4. The monoisotopic (exact) mass is 282 g/mol. The zero-order chi connectivity index (χ0) is 14.0. The van der Waals surface area contributed by atoms with Gasteiger partial charge in [-0.1, -0.05) is 20.8 Å². The van der Waals surface area contributed by atoms with E-state index in [0.29, 0.717) is 19.1 Å². The van der Waals surface area contributed by atoms with Crippen molar-refractivity contribution in [2.45, 2.75) is 32.2 Å². The SMILES string of the molecule is COCCN1C(N)=NCC1c1csc(C(C)(C)C)n1. The lowest BCUT2D eigenvalue weighted by Crippen LogP contribution is -2.38. The number of methoxy groups -OCH3 is 1. The molecule has 106 valence electrons. The van der Waals surface area contributed by atoms with E-state index in [9.17, 15) is 0 Å². The standard InChI is InChI=1S/C13H22N4OS/c1-13(2,3)11-16-9(8-19-11)10-7-15-12(14)17(10)5-6-18-4/h8,10H,5-7H2,1-4H3,(H2,14,15). The molecule has 0 aromatic carbocycles. The molecule has 0 amide bonds. The lowest BCUT2D eigenvalue weighted by molar-refractivity contribution is 0.166. The fourth-order valence-electron chi connectivity index (χ4n) is 2.03. The maximum absolute atomic E-state index is 5.94. The lowest BCUT2D eigenvalue weighted by atomic mass is 9.98. The van der Waals surface area contributed by atoms with Gasteiger partial charge in [0, 0.05) is 24.4 Å². The second kappa shape index (κ2) is 5.46. The van der Waals surface area contributed by atoms with Crippen molar-refractivity contribution in [2.24, 2.45) is 10.7 Å². The molecule has 2 rings (SSSR count). The largest absolute Gasteiger partial charge is 0.383 e. The van der Waals surface area contributed by atoms with Crippen molar-refractivity contribution in [3.05, 3.63) is 16.1 Å². The molecule has 1 aromatic rings. The fraction of sp³-hybridized carbons (Fsp3) is 0.692. The van der Waals surface area contributed by atoms with Crippen LogP contribution >= 0.6 is 11.3 Å². The van der Waals surface area contributed by atoms with Gasteiger partial charge >= 0.3 is 0 Å². The normalized spacial score (nSPS) is 19.9. The Morgan fingerprint density at radius 2 is 2.26 bits per heavy atom. The molecular formula is C13H22N4OS. The van der Waals surface area contributed by atoms with Gasteiger partial charge in [0.15, 0.2) is 5.96 Å². The Morgan fingerprint density at radius 1 is 1.53 bits per heavy atom. The maximum Gasteiger partial charge on any atom is 0.192 e. The van der Waals surface area contributed by atoms with Gasteiger partial charge in [0.2, 0.25) is 0 Å². The summed E-state index contributed by atoms with van der Waals surface area (Å²) < 4.78 is 5.13. The Balaban J connectivity index is 2.15. The average molecular weight is 282 g/mol. The molecule has 1 atom stereocenters. The predicted molar refractivity (Wildman–Crippen MR) is 78.6 cm³/mol. The summed E-state index contributed by atoms with van der Waals surface area (Å²) in [5.41, 5.74) is 7.09. The molecule has 1 aliphatic rings. The van der Waals surface area contributed by atoms with Gasteiger partial charge in [0.25, 0.3) is 0 Å². The molecule has 2 N–H and O–H groups in total. The summed E-state index contributed by atoms with van der Waals surface area (Å²) in [5, 5.41) is 3.28. The van der Waals surface area contributed by atoms with Gasteiger partial charge in [0.05, 0.1) is 29.9 Å². The highest BCUT2D eigenvalue weighted by Crippen LogP contribution is 2.31. The molecule has 1 unspecified atom stereocenters. The number of ether oxygens (including phenoxy) is 1. The van der Waals surface area contributed by atoms with E-state index in [1.807, 2.05) is 0 Å². The van der Waals surface area contributed by atoms with Crippen LogP contribution in [0.25, 0.3) is 0 Å². The minimum Gasteiger partial charge on any atom is -0.383 e. The van der Waals surface area contributed by atoms with E-state index < -0.39 is 0 Å². The van der Waals surface area contributed by atoms with Crippen molar-refractivity contribution in [2.75, 3.05) is 26.8 Å². The first-order valence-corrected chi connectivity index (χ1v) is 7.33. The van der Waals surface area contributed by atoms with Crippen LogP contribution < -0.4 is 5.73 Å². The van der Waals surface area contributed by atoms with E-state index in [-0.39, 0.29) is 11.5 Å². The number of hydrogen-bond acceptors (Lipinski definition) is 6. The van der Waals surface area contributed by atoms with Crippen molar-refractivity contribution in [3.8, 4) is 0 Å². The lowest BCUT2D eigenvalue weighted by Gasteiger charge is -2.24. The van der Waals surface area contributed by atoms with E-state index in [1.54, 1.807) is 18.4 Å². The van der Waals surface area contributed by atoms with Gasteiger partial charge in [-0.25, -0.2) is 4.98 Å². The van der Waals surface area contributed by atoms with Crippen molar-refractivity contribution in [1.82, 2.24) is 9.88 Å². The molecule has 6 heteroatoms. The maximum atomic E-state index is 5.94. The second-order valence-electron chi connectivity index (χ2n) is 5.73. The van der Waals surface area contributed by atoms with Crippen molar-refractivity contribution in [1.29, 1.82) is 0 Å². The summed E-state index contributed by atoms with van der Waals surface area (Å²) >= 11 is 1.71. The van der Waals surface area contributed by atoms with Crippen molar-refractivity contribution < 1.29 is 4.74 Å². The third-order valence-corrected chi connectivity index (χ3v) is 4.42. The molecule has 19 heavy (non-hydrogen) atoms. The summed E-state index contributed by atoms with van der Waals surface area (Å²) in [5.74, 6) is 0.590. The third kappa shape index (κ3) is 3.06. The summed E-state index contributed by atoms with van der Waals surface area (Å²) in [7, 11) is 1.69. The van der Waals surface area contributed by atoms with Gasteiger partial charge in [-0.05, 0) is 0 Å². The van der Waals surface area contributed by atoms with Crippen LogP contribution in [0.5, 0.6) is 0 Å². The Morgan fingerprint density at radius 3 is 2.84 bits per heavy atom. The number of nitrogens with two attached hydrogens (primary N) is 1. The van der Waals surface area contributed by atoms with Gasteiger partial charge in [0.1, 0.15) is 0 Å². The number of aliphatic imine (C=N–C) groups is 1.